The number of methoxy groups -OCH3 is 1. The van der Waals surface area contributed by atoms with Crippen molar-refractivity contribution in [1.29, 1.82) is 0 Å². The van der Waals surface area contributed by atoms with Crippen molar-refractivity contribution >= 4 is 45.2 Å². The number of hydrogen-bond acceptors (Lipinski definition) is 12. The lowest BCUT2D eigenvalue weighted by atomic mass is 10.0. The number of nitrogens with zero attached hydrogens (tertiary/aromatic N) is 5. The van der Waals surface area contributed by atoms with E-state index in [2.05, 4.69) is 20.3 Å². The van der Waals surface area contributed by atoms with Gasteiger partial charge in [-0.15, -0.1) is 16.4 Å². The van der Waals surface area contributed by atoms with E-state index in [4.69, 9.17) is 19.7 Å². The van der Waals surface area contributed by atoms with Crippen LogP contribution in [0.4, 0.5) is 18.0 Å². The second kappa shape index (κ2) is 16.7. The zero-order chi connectivity index (χ0) is 41.2. The van der Waals surface area contributed by atoms with Gasteiger partial charge in [0.1, 0.15) is 46.4 Å². The predicted molar refractivity (Wildman–Crippen MR) is 203 cm³/mol. The second-order valence-electron chi connectivity index (χ2n) is 14.9. The van der Waals surface area contributed by atoms with Crippen molar-refractivity contribution in [1.82, 2.24) is 40.2 Å². The van der Waals surface area contributed by atoms with Crippen molar-refractivity contribution in [3.63, 3.8) is 0 Å². The van der Waals surface area contributed by atoms with E-state index in [1.807, 2.05) is 6.08 Å². The fourth-order valence-electron chi connectivity index (χ4n) is 7.30. The molecule has 1 aromatic carbocycles. The van der Waals surface area contributed by atoms with Crippen molar-refractivity contribution in [2.45, 2.75) is 99.3 Å². The summed E-state index contributed by atoms with van der Waals surface area (Å²) in [5.41, 5.74) is 0.00118. The molecule has 4 amide bonds. The van der Waals surface area contributed by atoms with Crippen LogP contribution in [-0.4, -0.2) is 106 Å². The average Bonchev–Trinajstić information content (AvgIpc) is 3.94. The minimum atomic E-state index is -4.57. The van der Waals surface area contributed by atoms with Crippen molar-refractivity contribution < 1.29 is 50.2 Å². The van der Waals surface area contributed by atoms with Gasteiger partial charge in [-0.1, -0.05) is 25.0 Å². The van der Waals surface area contributed by atoms with Gasteiger partial charge in [-0.05, 0) is 62.8 Å². The van der Waals surface area contributed by atoms with E-state index in [0.29, 0.717) is 66.2 Å². The number of hydrogen-bond donors (Lipinski definition) is 3. The molecule has 3 aromatic rings. The molecular weight excluding hydrogens is 806 g/mol. The number of rotatable bonds is 10. The molecule has 3 fully saturated rings. The first-order chi connectivity index (χ1) is 27.7. The molecule has 2 aliphatic carbocycles. The summed E-state index contributed by atoms with van der Waals surface area (Å²) in [5, 5.41) is 16.5. The molecule has 21 heteroatoms. The molecule has 1 saturated heterocycles. The van der Waals surface area contributed by atoms with Gasteiger partial charge in [0.05, 0.1) is 24.8 Å². The molecule has 0 unspecified atom stereocenters. The van der Waals surface area contributed by atoms with Crippen LogP contribution in [0.5, 0.6) is 5.75 Å². The minimum Gasteiger partial charge on any atom is -0.497 e. The molecule has 5 atom stereocenters. The Hall–Kier alpha value is -5.05. The number of thiazole rings is 1. The fraction of sp³-hybridized carbons (Fsp3) is 0.541. The van der Waals surface area contributed by atoms with Gasteiger partial charge < -0.3 is 25.0 Å². The number of alkyl carbamates (subject to hydrolysis) is 1. The Morgan fingerprint density at radius 3 is 2.52 bits per heavy atom. The second-order valence-corrected chi connectivity index (χ2v) is 17.7. The first-order valence-electron chi connectivity index (χ1n) is 19.0. The largest absolute Gasteiger partial charge is 0.497 e. The molecule has 4 aliphatic rings. The third-order valence-corrected chi connectivity index (χ3v) is 13.3. The quantitative estimate of drug-likeness (QED) is 0.246. The number of aromatic nitrogens is 4. The molecule has 2 aromatic heterocycles. The van der Waals surface area contributed by atoms with E-state index < -0.39 is 87.9 Å². The summed E-state index contributed by atoms with van der Waals surface area (Å²) in [6, 6.07) is 3.86. The number of allylic oxidation sites excluding steroid dienone is 1. The third-order valence-electron chi connectivity index (χ3n) is 10.7. The van der Waals surface area contributed by atoms with Crippen molar-refractivity contribution in [2.24, 2.45) is 5.92 Å². The summed E-state index contributed by atoms with van der Waals surface area (Å²) in [6.45, 7) is -1.09. The maximum Gasteiger partial charge on any atom is 0.407 e. The SMILES string of the molecule is COc1ccc(-c2nn([C@@H]3C[C@H]4C(=O)N[C@]5(C(=O)NS(=O)(=O)C6CC6)C[C@H]5/C=C/CCCCC[C@@H](NC(=O)OCCC(F)(F)F)C(=O)N4C3)nc2-c2nccs2)cc1. The Bertz CT molecular complexity index is 2140. The van der Waals surface area contributed by atoms with Gasteiger partial charge >= 0.3 is 12.3 Å². The van der Waals surface area contributed by atoms with E-state index in [1.54, 1.807) is 49.0 Å². The van der Waals surface area contributed by atoms with E-state index in [-0.39, 0.29) is 25.8 Å². The number of alkyl halides is 3. The zero-order valence-electron chi connectivity index (χ0n) is 31.4. The molecule has 16 nitrogen and oxygen atoms in total. The van der Waals surface area contributed by atoms with Crippen LogP contribution in [0.1, 0.15) is 70.3 Å². The number of amides is 4. The summed E-state index contributed by atoms with van der Waals surface area (Å²) in [5.74, 6) is -2.21. The predicted octanol–water partition coefficient (Wildman–Crippen LogP) is 4.27. The number of fused-ring (bicyclic) bond motifs is 2. The molecule has 7 rings (SSSR count). The van der Waals surface area contributed by atoms with E-state index in [9.17, 15) is 40.8 Å². The summed E-state index contributed by atoms with van der Waals surface area (Å²) in [6.07, 6.45) is 1.43. The number of halogens is 3. The van der Waals surface area contributed by atoms with Crippen LogP contribution in [0, 0.1) is 5.92 Å². The van der Waals surface area contributed by atoms with Gasteiger partial charge in [0, 0.05) is 36.0 Å². The van der Waals surface area contributed by atoms with Crippen LogP contribution in [0.15, 0.2) is 48.0 Å². The number of nitrogens with one attached hydrogen (secondary N) is 3. The van der Waals surface area contributed by atoms with Crippen molar-refractivity contribution in [3.8, 4) is 27.7 Å². The lowest BCUT2D eigenvalue weighted by molar-refractivity contribution is -0.142. The monoisotopic (exact) mass is 848 g/mol. The minimum absolute atomic E-state index is 0.0487. The highest BCUT2D eigenvalue weighted by Crippen LogP contribution is 2.46. The highest BCUT2D eigenvalue weighted by Gasteiger charge is 2.62. The molecule has 4 heterocycles. The smallest absolute Gasteiger partial charge is 0.407 e. The average molecular weight is 849 g/mol. The van der Waals surface area contributed by atoms with Crippen molar-refractivity contribution in [2.75, 3.05) is 20.3 Å². The van der Waals surface area contributed by atoms with Crippen LogP contribution >= 0.6 is 11.3 Å². The molecule has 2 aliphatic heterocycles. The number of benzene rings is 1. The Morgan fingerprint density at radius 1 is 1.07 bits per heavy atom. The van der Waals surface area contributed by atoms with Gasteiger partial charge in [-0.3, -0.25) is 19.1 Å². The fourth-order valence-corrected chi connectivity index (χ4v) is 9.29. The highest BCUT2D eigenvalue weighted by atomic mass is 32.2. The van der Waals surface area contributed by atoms with Crippen LogP contribution in [0.2, 0.25) is 0 Å². The summed E-state index contributed by atoms with van der Waals surface area (Å²) >= 11 is 1.34. The van der Waals surface area contributed by atoms with Gasteiger partial charge in [-0.25, -0.2) is 18.2 Å². The molecular formula is C37H43F3N8O8S2. The number of carbonyl (C=O) groups excluding carboxylic acids is 4. The third kappa shape index (κ3) is 9.29. The maximum atomic E-state index is 14.5. The molecule has 2 saturated carbocycles. The topological polar surface area (TPSA) is 204 Å². The summed E-state index contributed by atoms with van der Waals surface area (Å²) in [4.78, 5) is 62.6. The van der Waals surface area contributed by atoms with E-state index in [1.165, 1.54) is 21.0 Å². The first kappa shape index (κ1) is 41.1. The normalized spacial score (nSPS) is 26.0. The Morgan fingerprint density at radius 2 is 1.83 bits per heavy atom. The van der Waals surface area contributed by atoms with Crippen LogP contribution in [0.25, 0.3) is 22.0 Å². The first-order valence-corrected chi connectivity index (χ1v) is 21.5. The lowest BCUT2D eigenvalue weighted by Gasteiger charge is -2.29. The number of ether oxygens (including phenoxy) is 2. The Labute approximate surface area is 336 Å². The van der Waals surface area contributed by atoms with Crippen LogP contribution in [0.3, 0.4) is 0 Å². The number of sulfonamides is 1. The maximum absolute atomic E-state index is 14.5. The molecule has 0 bridgehead atoms. The van der Waals surface area contributed by atoms with Gasteiger partial charge in [-0.2, -0.15) is 23.1 Å². The van der Waals surface area contributed by atoms with Crippen LogP contribution < -0.4 is 20.1 Å². The molecule has 0 spiro atoms. The highest BCUT2D eigenvalue weighted by molar-refractivity contribution is 7.91. The van der Waals surface area contributed by atoms with Gasteiger partial charge in [0.25, 0.3) is 5.91 Å². The molecule has 3 N–H and O–H groups in total. The van der Waals surface area contributed by atoms with Crippen molar-refractivity contribution in [3.05, 3.63) is 48.0 Å². The van der Waals surface area contributed by atoms with E-state index in [0.717, 1.165) is 0 Å². The Kier molecular flexibility index (Phi) is 11.8. The van der Waals surface area contributed by atoms with Gasteiger partial charge in [0.15, 0.2) is 0 Å². The van der Waals surface area contributed by atoms with Crippen LogP contribution in [-0.2, 0) is 29.1 Å². The Balaban J connectivity index is 1.22. The standard InChI is InChI=1S/C37H43F3N8O8S2/c1-55-25-11-9-22(10-12-25)29-30(32-41-16-18-57-32)45-48(44-29)24-19-28-31(49)43-36(34(51)46-58(53,54)26-13-14-26)20-23(36)7-5-3-2-4-6-8-27(33(50)47(28)21-24)42-35(52)56-17-15-37(38,39)40/h5,7,9-12,16,18,23-24,26-28H,2-4,6,8,13-15,17,19-21H2,1H3,(H,42,52)(H,43,49)(H,46,51)/b7-5+/t23-,24-,27-,28+,36-/m1/s1. The molecule has 0 radical (unpaired) electrons. The zero-order valence-corrected chi connectivity index (χ0v) is 33.1. The lowest BCUT2D eigenvalue weighted by Crippen LogP contribution is -2.58. The van der Waals surface area contributed by atoms with E-state index >= 15 is 0 Å². The summed E-state index contributed by atoms with van der Waals surface area (Å²) < 4.78 is 76.4. The molecule has 312 valence electrons. The number of carbonyl (C=O) groups is 4. The van der Waals surface area contributed by atoms with Gasteiger partial charge in [0.2, 0.25) is 21.8 Å². The molecule has 58 heavy (non-hydrogen) atoms. The summed E-state index contributed by atoms with van der Waals surface area (Å²) in [7, 11) is -2.42.